The summed E-state index contributed by atoms with van der Waals surface area (Å²) in [6.45, 7) is 7.11. The molecule has 112 valence electrons. The van der Waals surface area contributed by atoms with Crippen LogP contribution in [-0.4, -0.2) is 15.7 Å². The molecule has 1 aliphatic carbocycles. The second kappa shape index (κ2) is 5.64. The van der Waals surface area contributed by atoms with Gasteiger partial charge in [0.2, 0.25) is 0 Å². The van der Waals surface area contributed by atoms with Crippen molar-refractivity contribution in [2.45, 2.75) is 46.6 Å². The first-order valence-electron chi connectivity index (χ1n) is 7.53. The van der Waals surface area contributed by atoms with Gasteiger partial charge in [-0.2, -0.15) is 5.10 Å². The molecular formula is C16H21N3OS. The number of nitrogens with zero attached hydrogens (tertiary/aromatic N) is 2. The van der Waals surface area contributed by atoms with E-state index in [1.807, 2.05) is 18.5 Å². The Bertz CT molecular complexity index is 671. The molecule has 0 fully saturated rings. The van der Waals surface area contributed by atoms with Crippen LogP contribution in [0.2, 0.25) is 0 Å². The molecule has 1 unspecified atom stereocenters. The van der Waals surface area contributed by atoms with Gasteiger partial charge < -0.3 is 5.32 Å². The molecule has 1 atom stereocenters. The number of carbonyl (C=O) groups is 1. The van der Waals surface area contributed by atoms with E-state index in [9.17, 15) is 4.79 Å². The van der Waals surface area contributed by atoms with E-state index in [1.54, 1.807) is 17.5 Å². The maximum absolute atomic E-state index is 12.4. The molecule has 4 nitrogen and oxygen atoms in total. The molecular weight excluding hydrogens is 282 g/mol. The monoisotopic (exact) mass is 303 g/mol. The van der Waals surface area contributed by atoms with Crippen LogP contribution in [0.3, 0.4) is 0 Å². The average molecular weight is 303 g/mol. The summed E-state index contributed by atoms with van der Waals surface area (Å²) in [7, 11) is 0. The SMILES string of the molecule is CCn1ncc(NC(=O)c2cc3c(s2)CCC(C)C3)c1C. The van der Waals surface area contributed by atoms with Crippen molar-refractivity contribution in [2.75, 3.05) is 5.32 Å². The van der Waals surface area contributed by atoms with E-state index in [2.05, 4.69) is 23.4 Å². The number of amides is 1. The molecule has 5 heteroatoms. The van der Waals surface area contributed by atoms with Crippen LogP contribution in [0, 0.1) is 12.8 Å². The number of hydrogen-bond acceptors (Lipinski definition) is 3. The summed E-state index contributed by atoms with van der Waals surface area (Å²) >= 11 is 1.64. The lowest BCUT2D eigenvalue weighted by molar-refractivity contribution is 0.103. The normalized spacial score (nSPS) is 17.6. The predicted octanol–water partition coefficient (Wildman–Crippen LogP) is 3.65. The number of fused-ring (bicyclic) bond motifs is 1. The van der Waals surface area contributed by atoms with Crippen molar-refractivity contribution >= 4 is 22.9 Å². The highest BCUT2D eigenvalue weighted by Gasteiger charge is 2.21. The van der Waals surface area contributed by atoms with Crippen LogP contribution in [-0.2, 0) is 19.4 Å². The van der Waals surface area contributed by atoms with Crippen LogP contribution >= 0.6 is 11.3 Å². The molecule has 0 aromatic carbocycles. The highest BCUT2D eigenvalue weighted by Crippen LogP contribution is 2.32. The van der Waals surface area contributed by atoms with Gasteiger partial charge in [-0.15, -0.1) is 11.3 Å². The molecule has 2 heterocycles. The minimum absolute atomic E-state index is 0.0131. The Hall–Kier alpha value is -1.62. The first-order chi connectivity index (χ1) is 10.1. The Kier molecular flexibility index (Phi) is 3.85. The van der Waals surface area contributed by atoms with E-state index in [1.165, 1.54) is 16.9 Å². The zero-order valence-electron chi connectivity index (χ0n) is 12.8. The van der Waals surface area contributed by atoms with Crippen LogP contribution < -0.4 is 5.32 Å². The fraction of sp³-hybridized carbons (Fsp3) is 0.500. The summed E-state index contributed by atoms with van der Waals surface area (Å²) in [6.07, 6.45) is 5.18. The Morgan fingerprint density at radius 1 is 1.57 bits per heavy atom. The predicted molar refractivity (Wildman–Crippen MR) is 86.1 cm³/mol. The van der Waals surface area contributed by atoms with Crippen LogP contribution in [0.15, 0.2) is 12.3 Å². The van der Waals surface area contributed by atoms with Gasteiger partial charge in [-0.25, -0.2) is 0 Å². The lowest BCUT2D eigenvalue weighted by Crippen LogP contribution is -2.11. The molecule has 0 saturated carbocycles. The Labute approximate surface area is 129 Å². The Morgan fingerprint density at radius 2 is 2.38 bits per heavy atom. The van der Waals surface area contributed by atoms with Crippen molar-refractivity contribution in [2.24, 2.45) is 5.92 Å². The number of nitrogens with one attached hydrogen (secondary N) is 1. The number of anilines is 1. The van der Waals surface area contributed by atoms with E-state index in [0.717, 1.165) is 41.6 Å². The van der Waals surface area contributed by atoms with Crippen LogP contribution in [0.25, 0.3) is 0 Å². The topological polar surface area (TPSA) is 46.9 Å². The van der Waals surface area contributed by atoms with Gasteiger partial charge in [0.05, 0.1) is 22.5 Å². The molecule has 1 amide bonds. The smallest absolute Gasteiger partial charge is 0.265 e. The maximum Gasteiger partial charge on any atom is 0.265 e. The summed E-state index contributed by atoms with van der Waals surface area (Å²) in [5.41, 5.74) is 3.17. The number of aromatic nitrogens is 2. The number of rotatable bonds is 3. The third kappa shape index (κ3) is 2.75. The van der Waals surface area contributed by atoms with Crippen LogP contribution in [0.1, 0.15) is 46.1 Å². The van der Waals surface area contributed by atoms with Crippen molar-refractivity contribution in [3.63, 3.8) is 0 Å². The number of thiophene rings is 1. The largest absolute Gasteiger partial charge is 0.318 e. The van der Waals surface area contributed by atoms with Gasteiger partial charge in [-0.1, -0.05) is 6.92 Å². The van der Waals surface area contributed by atoms with Crippen molar-refractivity contribution in [3.05, 3.63) is 33.3 Å². The van der Waals surface area contributed by atoms with Crippen LogP contribution in [0.4, 0.5) is 5.69 Å². The lowest BCUT2D eigenvalue weighted by Gasteiger charge is -2.16. The van der Waals surface area contributed by atoms with E-state index in [0.29, 0.717) is 0 Å². The average Bonchev–Trinajstić information content (AvgIpc) is 3.03. The standard InChI is InChI=1S/C16H21N3OS/c1-4-19-11(3)13(9-17-19)18-16(20)15-8-12-7-10(2)5-6-14(12)21-15/h8-10H,4-7H2,1-3H3,(H,18,20). The molecule has 1 aliphatic rings. The zero-order chi connectivity index (χ0) is 15.0. The number of hydrogen-bond donors (Lipinski definition) is 1. The second-order valence-electron chi connectivity index (χ2n) is 5.82. The second-order valence-corrected chi connectivity index (χ2v) is 6.96. The molecule has 21 heavy (non-hydrogen) atoms. The lowest BCUT2D eigenvalue weighted by atomic mass is 9.90. The molecule has 0 spiro atoms. The fourth-order valence-electron chi connectivity index (χ4n) is 2.89. The summed E-state index contributed by atoms with van der Waals surface area (Å²) in [4.78, 5) is 14.6. The van der Waals surface area contributed by atoms with Crippen molar-refractivity contribution in [3.8, 4) is 0 Å². The molecule has 0 saturated heterocycles. The third-order valence-electron chi connectivity index (χ3n) is 4.20. The molecule has 3 rings (SSSR count). The number of carbonyl (C=O) groups excluding carboxylic acids is 1. The molecule has 0 bridgehead atoms. The van der Waals surface area contributed by atoms with E-state index in [-0.39, 0.29) is 5.91 Å². The van der Waals surface area contributed by atoms with Crippen LogP contribution in [0.5, 0.6) is 0 Å². The summed E-state index contributed by atoms with van der Waals surface area (Å²) in [5.74, 6) is 0.717. The Morgan fingerprint density at radius 3 is 3.10 bits per heavy atom. The first-order valence-corrected chi connectivity index (χ1v) is 8.35. The van der Waals surface area contributed by atoms with Gasteiger partial charge in [0.15, 0.2) is 0 Å². The van der Waals surface area contributed by atoms with Gasteiger partial charge in [-0.3, -0.25) is 9.48 Å². The van der Waals surface area contributed by atoms with Gasteiger partial charge in [0.25, 0.3) is 5.91 Å². The highest BCUT2D eigenvalue weighted by molar-refractivity contribution is 7.14. The first kappa shape index (κ1) is 14.3. The minimum Gasteiger partial charge on any atom is -0.318 e. The summed E-state index contributed by atoms with van der Waals surface area (Å²) in [6, 6.07) is 2.07. The molecule has 0 radical (unpaired) electrons. The Balaban J connectivity index is 1.78. The zero-order valence-corrected chi connectivity index (χ0v) is 13.6. The van der Waals surface area contributed by atoms with Crippen molar-refractivity contribution in [1.29, 1.82) is 0 Å². The molecule has 0 aliphatic heterocycles. The van der Waals surface area contributed by atoms with Gasteiger partial charge in [-0.05, 0) is 50.7 Å². The minimum atomic E-state index is -0.0131. The summed E-state index contributed by atoms with van der Waals surface area (Å²) < 4.78 is 1.89. The third-order valence-corrected chi connectivity index (χ3v) is 5.44. The van der Waals surface area contributed by atoms with E-state index in [4.69, 9.17) is 0 Å². The quantitative estimate of drug-likeness (QED) is 0.941. The van der Waals surface area contributed by atoms with Gasteiger partial charge in [0, 0.05) is 11.4 Å². The van der Waals surface area contributed by atoms with Crippen molar-refractivity contribution in [1.82, 2.24) is 9.78 Å². The van der Waals surface area contributed by atoms with E-state index >= 15 is 0 Å². The van der Waals surface area contributed by atoms with Gasteiger partial charge in [0.1, 0.15) is 0 Å². The molecule has 1 N–H and O–H groups in total. The van der Waals surface area contributed by atoms with Crippen molar-refractivity contribution < 1.29 is 4.79 Å². The number of aryl methyl sites for hydroxylation is 2. The fourth-order valence-corrected chi connectivity index (χ4v) is 3.99. The highest BCUT2D eigenvalue weighted by atomic mass is 32.1. The van der Waals surface area contributed by atoms with E-state index < -0.39 is 0 Å². The van der Waals surface area contributed by atoms with Gasteiger partial charge >= 0.3 is 0 Å². The molecule has 2 aromatic heterocycles. The summed E-state index contributed by atoms with van der Waals surface area (Å²) in [5, 5.41) is 7.25. The maximum atomic E-state index is 12.4. The molecule has 2 aromatic rings.